The van der Waals surface area contributed by atoms with Crippen LogP contribution in [-0.4, -0.2) is 21.1 Å². The normalized spacial score (nSPS) is 10.3. The molecule has 2 heterocycles. The zero-order valence-electron chi connectivity index (χ0n) is 8.64. The first-order chi connectivity index (χ1) is 7.22. The van der Waals surface area contributed by atoms with E-state index < -0.39 is 0 Å². The molecule has 0 amide bonds. The second kappa shape index (κ2) is 3.65. The summed E-state index contributed by atoms with van der Waals surface area (Å²) in [5, 5.41) is 4.31. The number of hydrogen-bond acceptors (Lipinski definition) is 3. The lowest BCUT2D eigenvalue weighted by Crippen LogP contribution is -2.04. The minimum absolute atomic E-state index is 0.406. The van der Waals surface area contributed by atoms with Gasteiger partial charge in [-0.1, -0.05) is 0 Å². The second-order valence-corrected chi connectivity index (χ2v) is 3.36. The van der Waals surface area contributed by atoms with Crippen molar-refractivity contribution in [2.75, 3.05) is 0 Å². The zero-order chi connectivity index (χ0) is 10.8. The first-order valence-electron chi connectivity index (χ1n) is 4.66. The molecule has 0 aliphatic carbocycles. The summed E-state index contributed by atoms with van der Waals surface area (Å²) in [6, 6.07) is 5.58. The number of aryl methyl sites for hydroxylation is 2. The smallest absolute Gasteiger partial charge is 0.170 e. The number of carbonyl (C=O) groups is 1. The Bertz CT molecular complexity index is 502. The molecule has 0 atom stereocenters. The molecule has 0 fully saturated rings. The maximum atomic E-state index is 10.8. The van der Waals surface area contributed by atoms with Crippen LogP contribution >= 0.6 is 0 Å². The molecule has 0 aromatic carbocycles. The monoisotopic (exact) mass is 201 g/mol. The van der Waals surface area contributed by atoms with Gasteiger partial charge in [0.2, 0.25) is 0 Å². The van der Waals surface area contributed by atoms with Gasteiger partial charge in [0.15, 0.2) is 6.29 Å². The van der Waals surface area contributed by atoms with Gasteiger partial charge in [-0.05, 0) is 32.0 Å². The van der Waals surface area contributed by atoms with Crippen LogP contribution in [0.1, 0.15) is 21.9 Å². The predicted molar refractivity (Wildman–Crippen MR) is 56.2 cm³/mol. The summed E-state index contributed by atoms with van der Waals surface area (Å²) in [7, 11) is 0. The van der Waals surface area contributed by atoms with Crippen molar-refractivity contribution in [3.8, 4) is 5.69 Å². The van der Waals surface area contributed by atoms with Crippen molar-refractivity contribution in [2.45, 2.75) is 13.8 Å². The number of pyridine rings is 1. The van der Waals surface area contributed by atoms with Crippen LogP contribution in [0.2, 0.25) is 0 Å². The van der Waals surface area contributed by atoms with E-state index in [9.17, 15) is 4.79 Å². The van der Waals surface area contributed by atoms with Crippen LogP contribution in [0.4, 0.5) is 0 Å². The molecule has 0 aliphatic rings. The van der Waals surface area contributed by atoms with E-state index in [1.807, 2.05) is 26.0 Å². The molecule has 0 saturated heterocycles. The Labute approximate surface area is 87.6 Å². The molecule has 0 unspecified atom stereocenters. The largest absolute Gasteiger partial charge is 0.296 e. The van der Waals surface area contributed by atoms with Gasteiger partial charge in [-0.3, -0.25) is 9.78 Å². The van der Waals surface area contributed by atoms with Gasteiger partial charge in [-0.25, -0.2) is 4.68 Å². The highest BCUT2D eigenvalue weighted by atomic mass is 16.1. The van der Waals surface area contributed by atoms with Crippen molar-refractivity contribution in [3.63, 3.8) is 0 Å². The Balaban J connectivity index is 2.63. The molecule has 76 valence electrons. The second-order valence-electron chi connectivity index (χ2n) is 3.36. The quantitative estimate of drug-likeness (QED) is 0.695. The van der Waals surface area contributed by atoms with Gasteiger partial charge in [0.25, 0.3) is 0 Å². The third kappa shape index (κ3) is 1.66. The fraction of sp³-hybridized carbons (Fsp3) is 0.182. The van der Waals surface area contributed by atoms with Gasteiger partial charge in [-0.15, -0.1) is 0 Å². The van der Waals surface area contributed by atoms with Crippen LogP contribution in [0.15, 0.2) is 24.4 Å². The van der Waals surface area contributed by atoms with Gasteiger partial charge >= 0.3 is 0 Å². The van der Waals surface area contributed by atoms with Crippen molar-refractivity contribution in [2.24, 2.45) is 0 Å². The number of nitrogens with zero attached hydrogens (tertiary/aromatic N) is 3. The SMILES string of the molecule is Cc1cc(C)n(-c2cccnc2C=O)n1. The van der Waals surface area contributed by atoms with Crippen LogP contribution in [0.3, 0.4) is 0 Å². The molecule has 4 heteroatoms. The molecule has 4 nitrogen and oxygen atoms in total. The molecular weight excluding hydrogens is 190 g/mol. The van der Waals surface area contributed by atoms with E-state index in [0.717, 1.165) is 23.4 Å². The summed E-state index contributed by atoms with van der Waals surface area (Å²) in [5.41, 5.74) is 3.04. The van der Waals surface area contributed by atoms with Gasteiger partial charge in [0, 0.05) is 11.9 Å². The number of aldehydes is 1. The molecule has 0 bridgehead atoms. The molecule has 0 radical (unpaired) electrons. The highest BCUT2D eigenvalue weighted by Crippen LogP contribution is 2.13. The summed E-state index contributed by atoms with van der Waals surface area (Å²) in [6.45, 7) is 3.86. The van der Waals surface area contributed by atoms with Crippen molar-refractivity contribution in [1.82, 2.24) is 14.8 Å². The van der Waals surface area contributed by atoms with Crippen LogP contribution in [0.5, 0.6) is 0 Å². The van der Waals surface area contributed by atoms with E-state index in [1.165, 1.54) is 0 Å². The highest BCUT2D eigenvalue weighted by Gasteiger charge is 2.08. The molecule has 0 aliphatic heterocycles. The maximum Gasteiger partial charge on any atom is 0.170 e. The average molecular weight is 201 g/mol. The van der Waals surface area contributed by atoms with E-state index in [2.05, 4.69) is 10.1 Å². The lowest BCUT2D eigenvalue weighted by atomic mass is 10.3. The summed E-state index contributed by atoms with van der Waals surface area (Å²) >= 11 is 0. The fourth-order valence-electron chi connectivity index (χ4n) is 1.55. The Morgan fingerprint density at radius 3 is 2.80 bits per heavy atom. The van der Waals surface area contributed by atoms with Crippen LogP contribution in [0, 0.1) is 13.8 Å². The third-order valence-corrected chi connectivity index (χ3v) is 2.17. The maximum absolute atomic E-state index is 10.8. The Kier molecular flexibility index (Phi) is 2.33. The van der Waals surface area contributed by atoms with E-state index in [4.69, 9.17) is 0 Å². The van der Waals surface area contributed by atoms with Crippen molar-refractivity contribution in [3.05, 3.63) is 41.5 Å². The molecule has 0 spiro atoms. The lowest BCUT2D eigenvalue weighted by molar-refractivity contribution is 0.111. The van der Waals surface area contributed by atoms with Gasteiger partial charge in [-0.2, -0.15) is 5.10 Å². The number of aromatic nitrogens is 3. The average Bonchev–Trinajstić information content (AvgIpc) is 2.57. The Morgan fingerprint density at radius 1 is 1.40 bits per heavy atom. The van der Waals surface area contributed by atoms with Crippen molar-refractivity contribution < 1.29 is 4.79 Å². The van der Waals surface area contributed by atoms with Crippen LogP contribution in [-0.2, 0) is 0 Å². The predicted octanol–water partition coefficient (Wildman–Crippen LogP) is 1.70. The highest BCUT2D eigenvalue weighted by molar-refractivity contribution is 5.77. The summed E-state index contributed by atoms with van der Waals surface area (Å²) in [5.74, 6) is 0. The summed E-state index contributed by atoms with van der Waals surface area (Å²) < 4.78 is 1.73. The van der Waals surface area contributed by atoms with Gasteiger partial charge in [0.05, 0.1) is 11.4 Å². The number of rotatable bonds is 2. The number of hydrogen-bond donors (Lipinski definition) is 0. The molecular formula is C11H11N3O. The van der Waals surface area contributed by atoms with E-state index >= 15 is 0 Å². The molecule has 2 aromatic rings. The summed E-state index contributed by atoms with van der Waals surface area (Å²) in [4.78, 5) is 14.8. The third-order valence-electron chi connectivity index (χ3n) is 2.17. The van der Waals surface area contributed by atoms with Gasteiger partial charge in [0.1, 0.15) is 5.69 Å². The minimum Gasteiger partial charge on any atom is -0.296 e. The standard InChI is InChI=1S/C11H11N3O/c1-8-6-9(2)14(13-8)11-4-3-5-12-10(11)7-15/h3-7H,1-2H3. The Hall–Kier alpha value is -1.97. The minimum atomic E-state index is 0.406. The molecule has 0 saturated carbocycles. The summed E-state index contributed by atoms with van der Waals surface area (Å²) in [6.07, 6.45) is 2.34. The molecule has 2 rings (SSSR count). The van der Waals surface area contributed by atoms with Crippen molar-refractivity contribution in [1.29, 1.82) is 0 Å². The van der Waals surface area contributed by atoms with Crippen LogP contribution < -0.4 is 0 Å². The lowest BCUT2D eigenvalue weighted by Gasteiger charge is -2.05. The van der Waals surface area contributed by atoms with Crippen molar-refractivity contribution >= 4 is 6.29 Å². The fourth-order valence-corrected chi connectivity index (χ4v) is 1.55. The molecule has 15 heavy (non-hydrogen) atoms. The molecule has 0 N–H and O–H groups in total. The van der Waals surface area contributed by atoms with E-state index in [1.54, 1.807) is 16.9 Å². The van der Waals surface area contributed by atoms with E-state index in [0.29, 0.717) is 5.69 Å². The van der Waals surface area contributed by atoms with Crippen LogP contribution in [0.25, 0.3) is 5.69 Å². The number of carbonyl (C=O) groups excluding carboxylic acids is 1. The topological polar surface area (TPSA) is 47.8 Å². The molecule has 2 aromatic heterocycles. The Morgan fingerprint density at radius 2 is 2.20 bits per heavy atom. The first-order valence-corrected chi connectivity index (χ1v) is 4.66. The first kappa shape index (κ1) is 9.58. The van der Waals surface area contributed by atoms with E-state index in [-0.39, 0.29) is 0 Å². The van der Waals surface area contributed by atoms with Gasteiger partial charge < -0.3 is 0 Å². The zero-order valence-corrected chi connectivity index (χ0v) is 8.64.